The first-order valence-electron chi connectivity index (χ1n) is 11.0. The number of anilines is 1. The maximum absolute atomic E-state index is 11.5. The van der Waals surface area contributed by atoms with Gasteiger partial charge in [-0.2, -0.15) is 4.91 Å². The maximum Gasteiger partial charge on any atom is 0.165 e. The Morgan fingerprint density at radius 1 is 0.941 bits per heavy atom. The van der Waals surface area contributed by atoms with Crippen LogP contribution in [0.1, 0.15) is 17.3 Å². The van der Waals surface area contributed by atoms with Crippen molar-refractivity contribution in [3.05, 3.63) is 52.9 Å². The van der Waals surface area contributed by atoms with E-state index in [0.717, 1.165) is 48.0 Å². The third-order valence-electron chi connectivity index (χ3n) is 4.36. The summed E-state index contributed by atoms with van der Waals surface area (Å²) < 4.78 is 8.24. The second-order valence-electron chi connectivity index (χ2n) is 8.11. The Bertz CT molecular complexity index is 833. The lowest BCUT2D eigenvalue weighted by atomic mass is 10.2. The zero-order valence-corrected chi connectivity index (χ0v) is 22.9. The molecule has 0 spiro atoms. The van der Waals surface area contributed by atoms with Gasteiger partial charge in [0.05, 0.1) is 17.6 Å². The number of carbonyl (C=O) groups is 1. The fraction of sp³-hybridized carbons (Fsp3) is 0.480. The normalized spacial score (nSPS) is 10.2. The number of likely N-dealkylation sites (N-methyl/N-ethyl adjacent to an activating group) is 2. The van der Waals surface area contributed by atoms with Gasteiger partial charge in [-0.3, -0.25) is 9.10 Å². The first-order valence-corrected chi connectivity index (χ1v) is 11.8. The second kappa shape index (κ2) is 17.9. The number of hydrogen-bond donors (Lipinski definition) is 0. The average molecular weight is 492 g/mol. The molecule has 0 N–H and O–H groups in total. The molecule has 190 valence electrons. The lowest BCUT2D eigenvalue weighted by Crippen LogP contribution is -2.28. The van der Waals surface area contributed by atoms with Crippen LogP contribution < -0.4 is 9.64 Å². The average Bonchev–Trinajstić information content (AvgIpc) is 2.79. The zero-order valence-electron chi connectivity index (χ0n) is 22.1. The Morgan fingerprint density at radius 3 is 1.94 bits per heavy atom. The molecule has 0 fully saturated rings. The summed E-state index contributed by atoms with van der Waals surface area (Å²) in [5, 5.41) is 2.25. The van der Waals surface area contributed by atoms with Crippen LogP contribution >= 0.6 is 11.9 Å². The minimum absolute atomic E-state index is 0.640. The molecule has 0 bridgehead atoms. The van der Waals surface area contributed by atoms with Crippen LogP contribution in [0.25, 0.3) is 0 Å². The van der Waals surface area contributed by atoms with E-state index in [-0.39, 0.29) is 0 Å². The molecule has 2 aromatic carbocycles. The van der Waals surface area contributed by atoms with Gasteiger partial charge in [-0.15, -0.1) is 0 Å². The minimum atomic E-state index is 0.640. The van der Waals surface area contributed by atoms with Crippen LogP contribution in [0.15, 0.2) is 52.5 Å². The van der Waals surface area contributed by atoms with E-state index in [2.05, 4.69) is 40.9 Å². The summed E-state index contributed by atoms with van der Waals surface area (Å²) in [5.41, 5.74) is 1.55. The van der Waals surface area contributed by atoms with E-state index in [1.807, 2.05) is 82.0 Å². The van der Waals surface area contributed by atoms with Gasteiger partial charge in [-0.05, 0) is 85.0 Å². The van der Waals surface area contributed by atoms with Gasteiger partial charge in [0.15, 0.2) is 5.75 Å². The number of ether oxygens (including phenoxy) is 1. The summed E-state index contributed by atoms with van der Waals surface area (Å²) in [6, 6.07) is 13.5. The molecule has 0 saturated heterocycles. The molecule has 0 aliphatic rings. The standard InChI is InChI=1S/C20H27N3O2S.C4H11N.CH3NO/c1-21(2)11-12-23(5)18-13-16(15-24)14-19(26-22(3)4)20(18)25-17-9-7-6-8-10-17;1-4-5(2)3;1-2-3/h6-10,13-15H,11-12H2,1-5H3;4H2,1-3H3;1H3. The first kappa shape index (κ1) is 31.5. The molecule has 9 heteroatoms. The van der Waals surface area contributed by atoms with Gasteiger partial charge in [0.25, 0.3) is 0 Å². The molecule has 0 aliphatic carbocycles. The summed E-state index contributed by atoms with van der Waals surface area (Å²) in [7, 11) is 15.4. The number of carbonyl (C=O) groups excluding carboxylic acids is 1. The number of benzene rings is 2. The molecule has 0 unspecified atom stereocenters. The zero-order chi connectivity index (χ0) is 26.1. The van der Waals surface area contributed by atoms with Crippen molar-refractivity contribution >= 4 is 23.9 Å². The van der Waals surface area contributed by atoms with Crippen molar-refractivity contribution in [2.75, 3.05) is 80.9 Å². The molecule has 34 heavy (non-hydrogen) atoms. The largest absolute Gasteiger partial charge is 0.454 e. The quantitative estimate of drug-likeness (QED) is 0.266. The van der Waals surface area contributed by atoms with Gasteiger partial charge in [0.1, 0.15) is 12.0 Å². The Balaban J connectivity index is 0.00000118. The summed E-state index contributed by atoms with van der Waals surface area (Å²) >= 11 is 1.54. The predicted molar refractivity (Wildman–Crippen MR) is 146 cm³/mol. The predicted octanol–water partition coefficient (Wildman–Crippen LogP) is 4.81. The van der Waals surface area contributed by atoms with Crippen LogP contribution in [0.5, 0.6) is 11.5 Å². The number of nitroso groups, excluding NO2 is 1. The molecule has 0 saturated carbocycles. The van der Waals surface area contributed by atoms with E-state index in [4.69, 9.17) is 9.64 Å². The molecule has 0 amide bonds. The molecule has 2 rings (SSSR count). The molecule has 0 heterocycles. The van der Waals surface area contributed by atoms with Gasteiger partial charge >= 0.3 is 0 Å². The van der Waals surface area contributed by atoms with Crippen molar-refractivity contribution in [2.45, 2.75) is 11.8 Å². The Hall–Kier alpha value is -2.46. The molecule has 0 aliphatic heterocycles. The van der Waals surface area contributed by atoms with Crippen molar-refractivity contribution in [3.8, 4) is 11.5 Å². The lowest BCUT2D eigenvalue weighted by Gasteiger charge is -2.26. The van der Waals surface area contributed by atoms with E-state index >= 15 is 0 Å². The number of rotatable bonds is 10. The molecule has 2 aromatic rings. The van der Waals surface area contributed by atoms with E-state index in [1.54, 1.807) is 11.9 Å². The van der Waals surface area contributed by atoms with Crippen molar-refractivity contribution < 1.29 is 9.53 Å². The van der Waals surface area contributed by atoms with E-state index in [0.29, 0.717) is 5.56 Å². The van der Waals surface area contributed by atoms with Crippen LogP contribution in [0, 0.1) is 4.91 Å². The highest BCUT2D eigenvalue weighted by atomic mass is 32.2. The third-order valence-corrected chi connectivity index (χ3v) is 5.23. The van der Waals surface area contributed by atoms with E-state index < -0.39 is 0 Å². The summed E-state index contributed by atoms with van der Waals surface area (Å²) in [6.07, 6.45) is 0.884. The maximum atomic E-state index is 11.5. The first-order chi connectivity index (χ1) is 16.1. The van der Waals surface area contributed by atoms with Gasteiger partial charge in [0, 0.05) is 25.7 Å². The fourth-order valence-corrected chi connectivity index (χ4v) is 3.22. The third kappa shape index (κ3) is 13.3. The molecule has 0 radical (unpaired) electrons. The van der Waals surface area contributed by atoms with Crippen molar-refractivity contribution in [2.24, 2.45) is 5.18 Å². The van der Waals surface area contributed by atoms with Crippen molar-refractivity contribution in [1.82, 2.24) is 14.1 Å². The van der Waals surface area contributed by atoms with Gasteiger partial charge in [-0.1, -0.05) is 30.3 Å². The molecule has 0 atom stereocenters. The number of para-hydroxylation sites is 1. The van der Waals surface area contributed by atoms with E-state index in [9.17, 15) is 4.79 Å². The highest BCUT2D eigenvalue weighted by molar-refractivity contribution is 7.97. The lowest BCUT2D eigenvalue weighted by molar-refractivity contribution is 0.112. The van der Waals surface area contributed by atoms with Crippen LogP contribution in [0.3, 0.4) is 0 Å². The highest BCUT2D eigenvalue weighted by Gasteiger charge is 2.18. The monoisotopic (exact) mass is 491 g/mol. The van der Waals surface area contributed by atoms with Crippen LogP contribution in [0.4, 0.5) is 5.69 Å². The van der Waals surface area contributed by atoms with Gasteiger partial charge in [0.2, 0.25) is 0 Å². The molecular formula is C25H41N5O3S. The highest BCUT2D eigenvalue weighted by Crippen LogP contribution is 2.42. The smallest absolute Gasteiger partial charge is 0.165 e. The van der Waals surface area contributed by atoms with Gasteiger partial charge in [-0.25, -0.2) is 0 Å². The summed E-state index contributed by atoms with van der Waals surface area (Å²) in [4.78, 5) is 27.3. The van der Waals surface area contributed by atoms with Crippen LogP contribution in [0.2, 0.25) is 0 Å². The number of hydrogen-bond acceptors (Lipinski definition) is 9. The van der Waals surface area contributed by atoms with Gasteiger partial charge < -0.3 is 19.4 Å². The summed E-state index contributed by atoms with van der Waals surface area (Å²) in [5.74, 6) is 1.54. The van der Waals surface area contributed by atoms with Crippen LogP contribution in [-0.4, -0.2) is 96.4 Å². The Morgan fingerprint density at radius 2 is 1.50 bits per heavy atom. The van der Waals surface area contributed by atoms with Crippen LogP contribution in [-0.2, 0) is 0 Å². The van der Waals surface area contributed by atoms with Crippen molar-refractivity contribution in [1.29, 1.82) is 0 Å². The Labute approximate surface area is 210 Å². The SMILES string of the molecule is CCN(C)C.CN(C)CCN(C)c1cc(C=O)cc(SN(C)C)c1Oc1ccccc1.CN=O. The Kier molecular flexibility index (Phi) is 16.6. The van der Waals surface area contributed by atoms with E-state index in [1.165, 1.54) is 7.05 Å². The minimum Gasteiger partial charge on any atom is -0.454 e. The summed E-state index contributed by atoms with van der Waals surface area (Å²) in [6.45, 7) is 5.00. The topological polar surface area (TPSA) is 68.7 Å². The number of nitrogens with zero attached hydrogens (tertiary/aromatic N) is 5. The number of aldehydes is 1. The van der Waals surface area contributed by atoms with Crippen molar-refractivity contribution in [3.63, 3.8) is 0 Å². The second-order valence-corrected chi connectivity index (χ2v) is 9.46. The molecule has 8 nitrogen and oxygen atoms in total. The molecule has 0 aromatic heterocycles. The fourth-order valence-electron chi connectivity index (χ4n) is 2.40. The molecular weight excluding hydrogens is 450 g/mol.